The lowest BCUT2D eigenvalue weighted by Crippen LogP contribution is -2.61. The average molecular weight is 1240 g/mol. The summed E-state index contributed by atoms with van der Waals surface area (Å²) in [7, 11) is 0. The second-order valence-corrected chi connectivity index (χ2v) is 22.0. The lowest BCUT2D eigenvalue weighted by molar-refractivity contribution is -0.143. The fourth-order valence-electron chi connectivity index (χ4n) is 8.90. The topological polar surface area (TPSA) is 545 Å². The maximum atomic E-state index is 14.6. The number of carboxylic acids is 3. The molecule has 21 N–H and O–H groups in total. The largest absolute Gasteiger partial charge is 0.508 e. The molecule has 1 aliphatic heterocycles. The van der Waals surface area contributed by atoms with Gasteiger partial charge >= 0.3 is 17.9 Å². The molecule has 0 bridgehead atoms. The summed E-state index contributed by atoms with van der Waals surface area (Å²) in [6, 6.07) is -9.34. The summed E-state index contributed by atoms with van der Waals surface area (Å²) in [6.07, 6.45) is -1.85. The number of nitrogens with zero attached hydrogens (tertiary/aromatic N) is 2. The number of phenolic OH excluding ortho intramolecular Hbond substituents is 1. The number of aliphatic hydroxyl groups is 2. The third-order valence-electron chi connectivity index (χ3n) is 13.4. The standard InChI is InChI=1S/C54H86N14O19/c1-26(2)19-34(47(80)66-38(25-70)53(86)87)60-40(72)23-59-45(78)33(15-16-41(73)74)62-49(82)37(24-69)65-51(84)43(28(5)6)67-50(83)39-10-8-18-68(39)52(85)36(20-27(3)4)64-46(79)32(9-7-17-58-54(56)57)61-48(81)35(21-29-11-13-30(71)14-12-29)63-44(77)31(55)22-42(75)76/h11-14,26-28,31-39,43,69-71H,7-10,15-25,55H2,1-6H3,(H,59,78)(H,60,72)(H,61,81)(H,62,82)(H,63,77)(H,64,79)(H,65,84)(H,66,80)(H,67,83)(H,73,74)(H,75,76)(H,86,87)(H4,56,57,58)/t31-,32-,33-,34-,35-,36-,37-,38-,39-,43-/m0/s1. The lowest BCUT2D eigenvalue weighted by atomic mass is 10.00. The van der Waals surface area contributed by atoms with Crippen LogP contribution in [0, 0.1) is 17.8 Å². The Bertz CT molecular complexity index is 2600. The molecule has 87 heavy (non-hydrogen) atoms. The lowest BCUT2D eigenvalue weighted by Gasteiger charge is -2.32. The minimum absolute atomic E-state index is 0.000284. The molecule has 10 amide bonds. The van der Waals surface area contributed by atoms with Gasteiger partial charge in [-0.1, -0.05) is 53.7 Å². The molecule has 10 atom stereocenters. The number of aliphatic imine (C=N–C) groups is 1. The Morgan fingerprint density at radius 2 is 1.13 bits per heavy atom. The number of aliphatic hydroxyl groups excluding tert-OH is 2. The van der Waals surface area contributed by atoms with E-state index in [1.54, 1.807) is 27.7 Å². The van der Waals surface area contributed by atoms with Crippen LogP contribution in [0.15, 0.2) is 29.3 Å². The van der Waals surface area contributed by atoms with Crippen LogP contribution >= 0.6 is 0 Å². The molecule has 1 aliphatic rings. The molecule has 0 unspecified atom stereocenters. The zero-order valence-electron chi connectivity index (χ0n) is 49.5. The van der Waals surface area contributed by atoms with Crippen molar-refractivity contribution in [2.75, 3.05) is 32.8 Å². The van der Waals surface area contributed by atoms with Crippen molar-refractivity contribution in [1.29, 1.82) is 0 Å². The molecular weight excluding hydrogens is 1150 g/mol. The number of likely N-dealkylation sites (tertiary alicyclic amines) is 1. The fraction of sp³-hybridized carbons (Fsp3) is 0.630. The first-order chi connectivity index (χ1) is 40.8. The van der Waals surface area contributed by atoms with E-state index in [4.69, 9.17) is 17.2 Å². The third kappa shape index (κ3) is 26.6. The quantitative estimate of drug-likeness (QED) is 0.0167. The van der Waals surface area contributed by atoms with Gasteiger partial charge in [0.1, 0.15) is 60.1 Å². The number of nitrogens with one attached hydrogen (secondary N) is 9. The second kappa shape index (κ2) is 37.0. The van der Waals surface area contributed by atoms with Crippen LogP contribution in [0.2, 0.25) is 0 Å². The number of nitrogens with two attached hydrogens (primary N) is 3. The van der Waals surface area contributed by atoms with Crippen LogP contribution in [-0.4, -0.2) is 212 Å². The Hall–Kier alpha value is -8.72. The van der Waals surface area contributed by atoms with Gasteiger partial charge in [0.15, 0.2) is 5.96 Å². The third-order valence-corrected chi connectivity index (χ3v) is 13.4. The second-order valence-electron chi connectivity index (χ2n) is 22.0. The summed E-state index contributed by atoms with van der Waals surface area (Å²) in [5, 5.41) is 78.9. The molecule has 1 heterocycles. The normalized spacial score (nSPS) is 16.0. The van der Waals surface area contributed by atoms with Gasteiger partial charge in [0.05, 0.1) is 32.2 Å². The highest BCUT2D eigenvalue weighted by Crippen LogP contribution is 2.22. The molecule has 0 saturated carbocycles. The van der Waals surface area contributed by atoms with Crippen molar-refractivity contribution in [3.8, 4) is 5.75 Å². The van der Waals surface area contributed by atoms with Crippen LogP contribution in [0.4, 0.5) is 0 Å². The van der Waals surface area contributed by atoms with E-state index in [2.05, 4.69) is 52.8 Å². The van der Waals surface area contributed by atoms with Crippen molar-refractivity contribution < 1.29 is 93.0 Å². The van der Waals surface area contributed by atoms with Gasteiger partial charge in [0.2, 0.25) is 59.1 Å². The van der Waals surface area contributed by atoms with E-state index in [-0.39, 0.29) is 75.2 Å². The van der Waals surface area contributed by atoms with Crippen molar-refractivity contribution in [3.05, 3.63) is 29.8 Å². The van der Waals surface area contributed by atoms with E-state index in [1.165, 1.54) is 43.0 Å². The van der Waals surface area contributed by atoms with Crippen molar-refractivity contribution in [1.82, 2.24) is 52.8 Å². The number of carbonyl (C=O) groups is 13. The molecule has 33 heteroatoms. The van der Waals surface area contributed by atoms with Gasteiger partial charge < -0.3 is 101 Å². The highest BCUT2D eigenvalue weighted by Gasteiger charge is 2.41. The summed E-state index contributed by atoms with van der Waals surface area (Å²) in [5.74, 6) is -15.4. The Morgan fingerprint density at radius 1 is 0.609 bits per heavy atom. The van der Waals surface area contributed by atoms with Crippen molar-refractivity contribution in [2.45, 2.75) is 166 Å². The maximum Gasteiger partial charge on any atom is 0.328 e. The first kappa shape index (κ1) is 74.4. The molecule has 1 aromatic carbocycles. The van der Waals surface area contributed by atoms with E-state index in [1.807, 2.05) is 0 Å². The van der Waals surface area contributed by atoms with Crippen molar-refractivity contribution >= 4 is 82.9 Å². The van der Waals surface area contributed by atoms with E-state index in [9.17, 15) is 93.0 Å². The highest BCUT2D eigenvalue weighted by atomic mass is 16.4. The first-order valence-corrected chi connectivity index (χ1v) is 28.3. The number of carboxylic acid groups (broad SMARTS) is 3. The molecule has 1 fully saturated rings. The monoisotopic (exact) mass is 1230 g/mol. The Labute approximate surface area is 501 Å². The van der Waals surface area contributed by atoms with Crippen LogP contribution in [0.1, 0.15) is 105 Å². The molecule has 0 aliphatic carbocycles. The number of benzene rings is 1. The number of carbonyl (C=O) groups excluding carboxylic acids is 10. The SMILES string of the molecule is CC(C)C[C@H](NC(=O)CNC(=O)[C@H](CCC(=O)O)NC(=O)[C@H](CO)NC(=O)[C@@H](NC(=O)[C@@H]1CCCN1C(=O)[C@H](CC(C)C)NC(=O)[C@H](CCCN=C(N)N)NC(=O)[C@H](Cc1ccc(O)cc1)NC(=O)[C@@H](N)CC(=O)O)C(C)C)C(=O)N[C@@H](CO)C(=O)O. The van der Waals surface area contributed by atoms with Gasteiger partial charge in [0.25, 0.3) is 0 Å². The minimum atomic E-state index is -1.82. The van der Waals surface area contributed by atoms with Gasteiger partial charge in [-0.2, -0.15) is 0 Å². The summed E-state index contributed by atoms with van der Waals surface area (Å²) in [6.45, 7) is 7.15. The Kier molecular flexibility index (Phi) is 31.6. The predicted octanol–water partition coefficient (Wildman–Crippen LogP) is -5.54. The number of amides is 10. The smallest absolute Gasteiger partial charge is 0.328 e. The molecule has 486 valence electrons. The number of aliphatic carboxylic acids is 3. The fourth-order valence-corrected chi connectivity index (χ4v) is 8.90. The zero-order valence-corrected chi connectivity index (χ0v) is 49.5. The summed E-state index contributed by atoms with van der Waals surface area (Å²) in [4.78, 5) is 176. The summed E-state index contributed by atoms with van der Waals surface area (Å²) in [5.41, 5.74) is 17.2. The Balaban J connectivity index is 2.33. The predicted molar refractivity (Wildman–Crippen MR) is 308 cm³/mol. The van der Waals surface area contributed by atoms with Crippen molar-refractivity contribution in [3.63, 3.8) is 0 Å². The summed E-state index contributed by atoms with van der Waals surface area (Å²) < 4.78 is 0. The maximum absolute atomic E-state index is 14.6. The highest BCUT2D eigenvalue weighted by molar-refractivity contribution is 5.99. The van der Waals surface area contributed by atoms with Gasteiger partial charge in [-0.25, -0.2) is 4.79 Å². The number of aromatic hydroxyl groups is 1. The van der Waals surface area contributed by atoms with E-state index >= 15 is 0 Å². The van der Waals surface area contributed by atoms with Gasteiger partial charge in [-0.3, -0.25) is 62.5 Å². The molecule has 1 saturated heterocycles. The molecule has 0 radical (unpaired) electrons. The number of hydrogen-bond donors (Lipinski definition) is 18. The summed E-state index contributed by atoms with van der Waals surface area (Å²) >= 11 is 0. The number of hydrogen-bond acceptors (Lipinski definition) is 18. The van der Waals surface area contributed by atoms with E-state index < -0.39 is 182 Å². The zero-order chi connectivity index (χ0) is 65.8. The van der Waals surface area contributed by atoms with Gasteiger partial charge in [-0.15, -0.1) is 0 Å². The first-order valence-electron chi connectivity index (χ1n) is 28.3. The van der Waals surface area contributed by atoms with E-state index in [0.29, 0.717) is 12.0 Å². The molecule has 2 rings (SSSR count). The molecular formula is C54H86N14O19. The molecule has 1 aromatic rings. The van der Waals surface area contributed by atoms with Crippen LogP contribution in [0.25, 0.3) is 0 Å². The van der Waals surface area contributed by atoms with Crippen molar-refractivity contribution in [2.24, 2.45) is 39.9 Å². The minimum Gasteiger partial charge on any atom is -0.508 e. The number of rotatable bonds is 38. The van der Waals surface area contributed by atoms with Crippen LogP contribution in [0.5, 0.6) is 5.75 Å². The van der Waals surface area contributed by atoms with Crippen LogP contribution in [0.3, 0.4) is 0 Å². The van der Waals surface area contributed by atoms with Gasteiger partial charge in [0, 0.05) is 25.9 Å². The van der Waals surface area contributed by atoms with Gasteiger partial charge in [-0.05, 0) is 80.4 Å². The van der Waals surface area contributed by atoms with Crippen LogP contribution in [-0.2, 0) is 68.7 Å². The average Bonchev–Trinajstić information content (AvgIpc) is 2.64. The van der Waals surface area contributed by atoms with Crippen LogP contribution < -0.4 is 65.1 Å². The Morgan fingerprint density at radius 3 is 1.67 bits per heavy atom. The molecule has 33 nitrogen and oxygen atoms in total. The number of guanidine groups is 1. The van der Waals surface area contributed by atoms with E-state index in [0.717, 1.165) is 0 Å². The number of phenols is 1. The molecule has 0 aromatic heterocycles. The molecule has 0 spiro atoms.